The van der Waals surface area contributed by atoms with Gasteiger partial charge in [0.2, 0.25) is 17.8 Å². The molecule has 1 saturated heterocycles. The first-order valence-electron chi connectivity index (χ1n) is 9.20. The van der Waals surface area contributed by atoms with Gasteiger partial charge in [-0.05, 0) is 16.0 Å². The first-order chi connectivity index (χ1) is 15.8. The van der Waals surface area contributed by atoms with Crippen molar-refractivity contribution < 1.29 is 29.4 Å². The summed E-state index contributed by atoms with van der Waals surface area (Å²) in [6.07, 6.45) is -0.0504. The zero-order valence-electron chi connectivity index (χ0n) is 16.8. The van der Waals surface area contributed by atoms with E-state index in [1.54, 1.807) is 7.05 Å². The average molecular weight is 513 g/mol. The van der Waals surface area contributed by atoms with E-state index in [0.29, 0.717) is 16.5 Å². The molecule has 0 saturated carbocycles. The molecule has 3 atom stereocenters. The van der Waals surface area contributed by atoms with E-state index in [-0.39, 0.29) is 22.7 Å². The van der Waals surface area contributed by atoms with Crippen LogP contribution in [0.3, 0.4) is 0 Å². The van der Waals surface area contributed by atoms with E-state index >= 15 is 0 Å². The maximum absolute atomic E-state index is 12.8. The molecule has 3 amide bonds. The molecule has 2 aromatic rings. The normalized spacial score (nSPS) is 21.5. The summed E-state index contributed by atoms with van der Waals surface area (Å²) < 4.78 is 2.54. The maximum atomic E-state index is 12.8. The van der Waals surface area contributed by atoms with Gasteiger partial charge in [0.15, 0.2) is 4.80 Å². The van der Waals surface area contributed by atoms with E-state index in [4.69, 9.17) is 0 Å². The van der Waals surface area contributed by atoms with Crippen molar-refractivity contribution in [1.29, 1.82) is 0 Å². The number of carbonyl (C=O) groups is 4. The van der Waals surface area contributed by atoms with Crippen LogP contribution in [0.1, 0.15) is 6.23 Å². The smallest absolute Gasteiger partial charge is 0.352 e. The quantitative estimate of drug-likeness (QED) is 0.205. The van der Waals surface area contributed by atoms with Gasteiger partial charge in [-0.3, -0.25) is 23.9 Å². The fourth-order valence-corrected chi connectivity index (χ4v) is 6.29. The van der Waals surface area contributed by atoms with E-state index in [9.17, 15) is 29.4 Å². The predicted octanol–water partition coefficient (Wildman–Crippen LogP) is -1.85. The van der Waals surface area contributed by atoms with Crippen molar-refractivity contribution >= 4 is 59.1 Å². The van der Waals surface area contributed by atoms with E-state index in [2.05, 4.69) is 25.8 Å². The third-order valence-corrected chi connectivity index (χ3v) is 8.00. The predicted molar refractivity (Wildman–Crippen MR) is 114 cm³/mol. The van der Waals surface area contributed by atoms with Gasteiger partial charge in [0.05, 0.1) is 0 Å². The van der Waals surface area contributed by atoms with Gasteiger partial charge in [0.25, 0.3) is 11.8 Å². The number of thioether (sulfide) groups is 2. The molecule has 4 heterocycles. The molecule has 0 bridgehead atoms. The number of carbonyl (C=O) groups excluding carboxylic acids is 3. The Kier molecular flexibility index (Phi) is 6.63. The van der Waals surface area contributed by atoms with Crippen LogP contribution in [0.4, 0.5) is 0 Å². The molecule has 0 spiro atoms. The number of aliphatic hydroxyl groups is 1. The summed E-state index contributed by atoms with van der Waals surface area (Å²) in [6, 6.07) is -1.01. The van der Waals surface area contributed by atoms with Crippen molar-refractivity contribution in [2.24, 2.45) is 12.0 Å². The van der Waals surface area contributed by atoms with Gasteiger partial charge in [-0.15, -0.1) is 28.2 Å². The third-order valence-electron chi connectivity index (χ3n) is 4.78. The number of β-lactam (4-membered cyclic amide) rings is 1. The first kappa shape index (κ1) is 23.1. The number of carboxylic acids is 1. The van der Waals surface area contributed by atoms with Gasteiger partial charge >= 0.3 is 5.97 Å². The Balaban J connectivity index is 1.47. The molecular formula is C16H16N8O6S3. The van der Waals surface area contributed by atoms with Crippen molar-refractivity contribution in [3.05, 3.63) is 27.6 Å². The number of aromatic nitrogens is 5. The summed E-state index contributed by atoms with van der Waals surface area (Å²) in [5.41, 5.74) is 0.403. The fourth-order valence-electron chi connectivity index (χ4n) is 3.25. The minimum atomic E-state index is -1.72. The SMILES string of the molecule is Cn1nnnc1SCC1=C(C(=O)O)N2C(=O)C(NC(=O)C(O)n3ccsc3=NC=O)[C@@H]2SC1. The standard InChI is InChI=1S/C16H16N8O6S3/c1-22-16(19-20-21-22)33-5-7-4-32-13-8(11(27)24(13)9(7)14(29)30)18-10(26)12(28)23-2-3-31-15(23)17-6-25/h2-3,6,8,12-13,28H,4-5H2,1H3,(H,18,26)(H,29,30)/t8?,12?,13-/m0/s1. The van der Waals surface area contributed by atoms with E-state index in [1.165, 1.54) is 39.8 Å². The zero-order chi connectivity index (χ0) is 23.7. The Labute approximate surface area is 197 Å². The molecule has 2 aliphatic heterocycles. The molecule has 174 valence electrons. The van der Waals surface area contributed by atoms with Gasteiger partial charge in [0.1, 0.15) is 17.1 Å². The Morgan fingerprint density at radius 2 is 2.27 bits per heavy atom. The molecule has 0 radical (unpaired) electrons. The molecule has 0 aliphatic carbocycles. The summed E-state index contributed by atoms with van der Waals surface area (Å²) in [5.74, 6) is -2.13. The number of tetrazole rings is 1. The molecular weight excluding hydrogens is 496 g/mol. The Morgan fingerprint density at radius 1 is 1.48 bits per heavy atom. The lowest BCUT2D eigenvalue weighted by molar-refractivity contribution is -0.152. The van der Waals surface area contributed by atoms with Gasteiger partial charge in [0, 0.05) is 30.1 Å². The van der Waals surface area contributed by atoms with Crippen molar-refractivity contribution in [3.8, 4) is 0 Å². The van der Waals surface area contributed by atoms with Crippen LogP contribution in [0.15, 0.2) is 33.0 Å². The van der Waals surface area contributed by atoms with E-state index in [1.807, 2.05) is 0 Å². The second-order valence-electron chi connectivity index (χ2n) is 6.73. The lowest BCUT2D eigenvalue weighted by Crippen LogP contribution is -2.71. The second kappa shape index (κ2) is 9.46. The first-order valence-corrected chi connectivity index (χ1v) is 12.1. The Bertz CT molecular complexity index is 1220. The molecule has 14 nitrogen and oxygen atoms in total. The van der Waals surface area contributed by atoms with Crippen LogP contribution in [0.5, 0.6) is 0 Å². The summed E-state index contributed by atoms with van der Waals surface area (Å²) in [5, 5.41) is 35.0. The molecule has 33 heavy (non-hydrogen) atoms. The highest BCUT2D eigenvalue weighted by atomic mass is 32.2. The maximum Gasteiger partial charge on any atom is 0.352 e. The second-order valence-corrected chi connectivity index (χ2v) is 9.65. The van der Waals surface area contributed by atoms with Crippen LogP contribution in [0, 0.1) is 0 Å². The van der Waals surface area contributed by atoms with Crippen LogP contribution in [-0.2, 0) is 26.2 Å². The molecule has 2 unspecified atom stereocenters. The number of rotatable bonds is 8. The van der Waals surface area contributed by atoms with Crippen LogP contribution < -0.4 is 10.1 Å². The highest BCUT2D eigenvalue weighted by Gasteiger charge is 2.54. The number of aliphatic hydroxyl groups excluding tert-OH is 1. The number of nitrogens with one attached hydrogen (secondary N) is 1. The number of carboxylic acid groups (broad SMARTS) is 1. The number of amides is 3. The summed E-state index contributed by atoms with van der Waals surface area (Å²) in [6.45, 7) is 0. The minimum absolute atomic E-state index is 0.109. The number of fused-ring (bicyclic) bond motifs is 1. The van der Waals surface area contributed by atoms with Gasteiger partial charge in [-0.2, -0.15) is 4.99 Å². The molecule has 2 aliphatic rings. The number of hydrogen-bond donors (Lipinski definition) is 3. The molecule has 1 fully saturated rings. The molecule has 2 aromatic heterocycles. The molecule has 0 aromatic carbocycles. The van der Waals surface area contributed by atoms with Crippen LogP contribution in [0.2, 0.25) is 0 Å². The van der Waals surface area contributed by atoms with Crippen LogP contribution in [0.25, 0.3) is 0 Å². The topological polar surface area (TPSA) is 185 Å². The number of thiazole rings is 1. The largest absolute Gasteiger partial charge is 0.477 e. The van der Waals surface area contributed by atoms with Gasteiger partial charge < -0.3 is 15.5 Å². The highest BCUT2D eigenvalue weighted by Crippen LogP contribution is 2.41. The highest BCUT2D eigenvalue weighted by molar-refractivity contribution is 8.01. The summed E-state index contributed by atoms with van der Waals surface area (Å²) in [4.78, 5) is 52.6. The van der Waals surface area contributed by atoms with E-state index in [0.717, 1.165) is 20.8 Å². The van der Waals surface area contributed by atoms with Gasteiger partial charge in [-0.25, -0.2) is 9.48 Å². The van der Waals surface area contributed by atoms with Crippen molar-refractivity contribution in [2.45, 2.75) is 22.8 Å². The lowest BCUT2D eigenvalue weighted by Gasteiger charge is -2.49. The number of hydrogen-bond acceptors (Lipinski definition) is 11. The Morgan fingerprint density at radius 3 is 2.94 bits per heavy atom. The molecule has 4 rings (SSSR count). The third kappa shape index (κ3) is 4.31. The van der Waals surface area contributed by atoms with Crippen molar-refractivity contribution in [2.75, 3.05) is 11.5 Å². The molecule has 17 heteroatoms. The summed E-state index contributed by atoms with van der Waals surface area (Å²) >= 11 is 3.59. The van der Waals surface area contributed by atoms with Crippen LogP contribution in [-0.4, -0.2) is 87.0 Å². The van der Waals surface area contributed by atoms with E-state index < -0.39 is 35.4 Å². The average Bonchev–Trinajstić information content (AvgIpc) is 3.43. The van der Waals surface area contributed by atoms with Crippen LogP contribution >= 0.6 is 34.9 Å². The minimum Gasteiger partial charge on any atom is -0.477 e. The number of aliphatic carboxylic acids is 1. The monoisotopic (exact) mass is 512 g/mol. The summed E-state index contributed by atoms with van der Waals surface area (Å²) in [7, 11) is 1.66. The van der Waals surface area contributed by atoms with Crippen molar-refractivity contribution in [3.63, 3.8) is 0 Å². The molecule has 3 N–H and O–H groups in total. The zero-order valence-corrected chi connectivity index (χ0v) is 19.2. The van der Waals surface area contributed by atoms with Crippen molar-refractivity contribution in [1.82, 2.24) is 35.0 Å². The fraction of sp³-hybridized carbons (Fsp3) is 0.375. The number of nitrogens with zero attached hydrogens (tertiary/aromatic N) is 7. The number of aryl methyl sites for hydroxylation is 1. The van der Waals surface area contributed by atoms with Gasteiger partial charge in [-0.1, -0.05) is 11.8 Å². The Hall–Kier alpha value is -3.02. The lowest BCUT2D eigenvalue weighted by atomic mass is 10.0.